The molecule has 3 atom stereocenters. The van der Waals surface area contributed by atoms with Gasteiger partial charge in [0.2, 0.25) is 12.1 Å². The van der Waals surface area contributed by atoms with E-state index in [9.17, 15) is 8.78 Å². The monoisotopic (exact) mass is 134 g/mol. The molecule has 0 aromatic carbocycles. The summed E-state index contributed by atoms with van der Waals surface area (Å²) in [5, 5.41) is 4.86. The van der Waals surface area contributed by atoms with Crippen LogP contribution in [-0.2, 0) is 0 Å². The Morgan fingerprint density at radius 2 is 2.33 bits per heavy atom. The number of alkyl halides is 2. The molecule has 0 aliphatic carbocycles. The zero-order chi connectivity index (χ0) is 6.48. The summed E-state index contributed by atoms with van der Waals surface area (Å²) in [7, 11) is 0. The van der Waals surface area contributed by atoms with Crippen molar-refractivity contribution in [2.75, 3.05) is 6.54 Å². The van der Waals surface area contributed by atoms with Crippen LogP contribution in [0.3, 0.4) is 0 Å². The van der Waals surface area contributed by atoms with E-state index >= 15 is 0 Å². The van der Waals surface area contributed by atoms with Gasteiger partial charge in [0.25, 0.3) is 0 Å². The Bertz CT molecular complexity index is 141. The van der Waals surface area contributed by atoms with Crippen molar-refractivity contribution in [2.45, 2.75) is 24.6 Å². The third kappa shape index (κ3) is 0.602. The average molecular weight is 134 g/mol. The van der Waals surface area contributed by atoms with Crippen molar-refractivity contribution in [3.8, 4) is 0 Å². The number of rotatable bonds is 0. The summed E-state index contributed by atoms with van der Waals surface area (Å²) in [6.45, 7) is 0.574. The van der Waals surface area contributed by atoms with Gasteiger partial charge in [-0.2, -0.15) is 0 Å². The van der Waals surface area contributed by atoms with Gasteiger partial charge in [-0.25, -0.2) is 8.78 Å². The van der Waals surface area contributed by atoms with Crippen LogP contribution in [0.5, 0.6) is 0 Å². The van der Waals surface area contributed by atoms with Crippen LogP contribution in [0, 0.1) is 0 Å². The summed E-state index contributed by atoms with van der Waals surface area (Å²) >= 11 is 0. The largest absolute Gasteiger partial charge is 0.284 e. The second-order valence-electron chi connectivity index (χ2n) is 2.57. The molecule has 0 spiro atoms. The maximum Gasteiger partial charge on any atom is 0.222 e. The molecule has 2 rings (SSSR count). The van der Waals surface area contributed by atoms with Crippen LogP contribution >= 0.6 is 0 Å². The Morgan fingerprint density at radius 1 is 1.56 bits per heavy atom. The van der Waals surface area contributed by atoms with Crippen LogP contribution < -0.4 is 10.6 Å². The maximum absolute atomic E-state index is 12.8. The molecule has 2 saturated heterocycles. The molecular weight excluding hydrogens is 126 g/mol. The van der Waals surface area contributed by atoms with E-state index in [-0.39, 0.29) is 6.04 Å². The van der Waals surface area contributed by atoms with Gasteiger partial charge in [0.15, 0.2) is 0 Å². The van der Waals surface area contributed by atoms with Crippen LogP contribution in [0.1, 0.15) is 6.42 Å². The Labute approximate surface area is 51.6 Å². The van der Waals surface area contributed by atoms with Gasteiger partial charge in [-0.1, -0.05) is 0 Å². The normalized spacial score (nSPS) is 56.7. The summed E-state index contributed by atoms with van der Waals surface area (Å²) in [6.07, 6.45) is -0.812. The quantitative estimate of drug-likeness (QED) is 0.358. The first-order chi connectivity index (χ1) is 4.23. The molecule has 0 bridgehead atoms. The standard InChI is InChI=1S/C5H8F2N2/c6-4-5(7)3(9-5)1-2-8-4/h3-4,8-9H,1-2H2. The molecule has 0 aromatic rings. The van der Waals surface area contributed by atoms with Crippen molar-refractivity contribution >= 4 is 0 Å². The third-order valence-corrected chi connectivity index (χ3v) is 1.94. The highest BCUT2D eigenvalue weighted by atomic mass is 19.2. The molecule has 3 unspecified atom stereocenters. The Morgan fingerprint density at radius 3 is 2.89 bits per heavy atom. The van der Waals surface area contributed by atoms with E-state index in [2.05, 4.69) is 10.6 Å². The summed E-state index contributed by atoms with van der Waals surface area (Å²) in [6, 6.07) is -0.228. The van der Waals surface area contributed by atoms with Crippen molar-refractivity contribution in [3.63, 3.8) is 0 Å². The fourth-order valence-corrected chi connectivity index (χ4v) is 1.26. The van der Waals surface area contributed by atoms with E-state index in [1.807, 2.05) is 0 Å². The Kier molecular flexibility index (Phi) is 0.887. The predicted octanol–water partition coefficient (Wildman–Crippen LogP) is -0.0871. The highest BCUT2D eigenvalue weighted by Crippen LogP contribution is 2.37. The van der Waals surface area contributed by atoms with Gasteiger partial charge in [-0.05, 0) is 13.0 Å². The van der Waals surface area contributed by atoms with Gasteiger partial charge >= 0.3 is 0 Å². The number of piperidine rings is 1. The first-order valence-electron chi connectivity index (χ1n) is 3.07. The van der Waals surface area contributed by atoms with Gasteiger partial charge in [0, 0.05) is 0 Å². The molecule has 2 fully saturated rings. The van der Waals surface area contributed by atoms with E-state index in [1.54, 1.807) is 0 Å². The van der Waals surface area contributed by atoms with E-state index in [4.69, 9.17) is 0 Å². The summed E-state index contributed by atoms with van der Waals surface area (Å²) in [5.74, 6) is -1.72. The van der Waals surface area contributed by atoms with Crippen molar-refractivity contribution in [3.05, 3.63) is 0 Å². The molecule has 2 aliphatic rings. The lowest BCUT2D eigenvalue weighted by atomic mass is 10.1. The summed E-state index contributed by atoms with van der Waals surface area (Å²) in [5.41, 5.74) is 0. The zero-order valence-electron chi connectivity index (χ0n) is 4.82. The minimum absolute atomic E-state index is 0.228. The maximum atomic E-state index is 12.8. The smallest absolute Gasteiger partial charge is 0.222 e. The summed E-state index contributed by atoms with van der Waals surface area (Å²) < 4.78 is 25.2. The van der Waals surface area contributed by atoms with Crippen molar-refractivity contribution in [1.82, 2.24) is 10.6 Å². The van der Waals surface area contributed by atoms with Crippen molar-refractivity contribution in [2.24, 2.45) is 0 Å². The molecular formula is C5H8F2N2. The number of hydrogen-bond acceptors (Lipinski definition) is 2. The lowest BCUT2D eigenvalue weighted by Gasteiger charge is -2.17. The molecule has 2 heterocycles. The minimum Gasteiger partial charge on any atom is -0.284 e. The fraction of sp³-hybridized carbons (Fsp3) is 1.00. The third-order valence-electron chi connectivity index (χ3n) is 1.94. The van der Waals surface area contributed by atoms with Gasteiger partial charge < -0.3 is 0 Å². The molecule has 0 amide bonds. The number of nitrogens with one attached hydrogen (secondary N) is 2. The van der Waals surface area contributed by atoms with Crippen LogP contribution in [0.25, 0.3) is 0 Å². The molecule has 4 heteroatoms. The van der Waals surface area contributed by atoms with E-state index in [1.165, 1.54) is 0 Å². The molecule has 0 radical (unpaired) electrons. The van der Waals surface area contributed by atoms with E-state index < -0.39 is 12.1 Å². The minimum atomic E-state index is -1.72. The topological polar surface area (TPSA) is 34.0 Å². The van der Waals surface area contributed by atoms with Crippen molar-refractivity contribution < 1.29 is 8.78 Å². The van der Waals surface area contributed by atoms with E-state index in [0.29, 0.717) is 13.0 Å². The van der Waals surface area contributed by atoms with Crippen LogP contribution in [-0.4, -0.2) is 24.7 Å². The van der Waals surface area contributed by atoms with Crippen LogP contribution in [0.4, 0.5) is 8.78 Å². The van der Waals surface area contributed by atoms with E-state index in [0.717, 1.165) is 0 Å². The highest BCUT2D eigenvalue weighted by molar-refractivity contribution is 5.12. The predicted molar refractivity (Wildman–Crippen MR) is 28.3 cm³/mol. The molecule has 0 aromatic heterocycles. The molecule has 9 heavy (non-hydrogen) atoms. The lowest BCUT2D eigenvalue weighted by molar-refractivity contribution is 0.0877. The number of fused-ring (bicyclic) bond motifs is 1. The molecule has 2 aliphatic heterocycles. The van der Waals surface area contributed by atoms with Gasteiger partial charge in [-0.3, -0.25) is 10.6 Å². The lowest BCUT2D eigenvalue weighted by Crippen LogP contribution is -2.43. The average Bonchev–Trinajstić information content (AvgIpc) is 2.44. The molecule has 0 saturated carbocycles. The molecule has 2 nitrogen and oxygen atoms in total. The highest BCUT2D eigenvalue weighted by Gasteiger charge is 2.62. The second-order valence-corrected chi connectivity index (χ2v) is 2.57. The first kappa shape index (κ1) is 5.56. The van der Waals surface area contributed by atoms with Crippen LogP contribution in [0.2, 0.25) is 0 Å². The van der Waals surface area contributed by atoms with Crippen LogP contribution in [0.15, 0.2) is 0 Å². The van der Waals surface area contributed by atoms with Gasteiger partial charge in [-0.15, -0.1) is 0 Å². The van der Waals surface area contributed by atoms with Gasteiger partial charge in [0.1, 0.15) is 0 Å². The number of hydrogen-bond donors (Lipinski definition) is 2. The van der Waals surface area contributed by atoms with Crippen molar-refractivity contribution in [1.29, 1.82) is 0 Å². The molecule has 2 N–H and O–H groups in total. The Balaban J connectivity index is 2.10. The second kappa shape index (κ2) is 1.44. The Hall–Kier alpha value is -0.220. The SMILES string of the molecule is FC1NCCC2NC12F. The molecule has 52 valence electrons. The zero-order valence-corrected chi connectivity index (χ0v) is 4.82. The summed E-state index contributed by atoms with van der Waals surface area (Å²) in [4.78, 5) is 0. The first-order valence-corrected chi connectivity index (χ1v) is 3.07. The fourth-order valence-electron chi connectivity index (χ4n) is 1.26. The van der Waals surface area contributed by atoms with Gasteiger partial charge in [0.05, 0.1) is 6.04 Å². The number of halogens is 2.